The molecule has 2 rings (SSSR count). The summed E-state index contributed by atoms with van der Waals surface area (Å²) in [6.07, 6.45) is 1.39. The van der Waals surface area contributed by atoms with Crippen LogP contribution in [0.5, 0.6) is 5.75 Å². The predicted octanol–water partition coefficient (Wildman–Crippen LogP) is 2.19. The zero-order chi connectivity index (χ0) is 13.7. The van der Waals surface area contributed by atoms with Crippen LogP contribution in [-0.2, 0) is 11.3 Å². The summed E-state index contributed by atoms with van der Waals surface area (Å²) in [7, 11) is 1.35. The van der Waals surface area contributed by atoms with Gasteiger partial charge >= 0.3 is 5.97 Å². The molecule has 5 nitrogen and oxygen atoms in total. The van der Waals surface area contributed by atoms with Gasteiger partial charge in [-0.2, -0.15) is 0 Å². The summed E-state index contributed by atoms with van der Waals surface area (Å²) in [6.45, 7) is 0.505. The highest BCUT2D eigenvalue weighted by Crippen LogP contribution is 2.13. The van der Waals surface area contributed by atoms with Gasteiger partial charge in [0.05, 0.1) is 31.1 Å². The molecule has 0 amide bonds. The molecule has 0 aliphatic heterocycles. The van der Waals surface area contributed by atoms with Gasteiger partial charge in [-0.05, 0) is 30.3 Å². The zero-order valence-electron chi connectivity index (χ0n) is 10.5. The molecule has 0 bridgehead atoms. The second kappa shape index (κ2) is 5.86. The van der Waals surface area contributed by atoms with Gasteiger partial charge in [0.25, 0.3) is 0 Å². The largest absolute Gasteiger partial charge is 0.506 e. The highest BCUT2D eigenvalue weighted by Gasteiger charge is 2.05. The van der Waals surface area contributed by atoms with Gasteiger partial charge in [0, 0.05) is 5.69 Å². The van der Waals surface area contributed by atoms with Crippen molar-refractivity contribution in [2.24, 2.45) is 0 Å². The Balaban J connectivity index is 2.03. The number of nitrogens with one attached hydrogen (secondary N) is 1. The van der Waals surface area contributed by atoms with Crippen molar-refractivity contribution in [2.45, 2.75) is 6.54 Å². The van der Waals surface area contributed by atoms with E-state index < -0.39 is 0 Å². The summed E-state index contributed by atoms with van der Waals surface area (Å²) in [5.41, 5.74) is 2.09. The second-order valence-electron chi connectivity index (χ2n) is 3.93. The molecule has 1 aromatic heterocycles. The Bertz CT molecular complexity index is 567. The molecule has 19 heavy (non-hydrogen) atoms. The minimum Gasteiger partial charge on any atom is -0.506 e. The lowest BCUT2D eigenvalue weighted by Gasteiger charge is -2.07. The number of rotatable bonds is 4. The van der Waals surface area contributed by atoms with Crippen LogP contribution in [0.3, 0.4) is 0 Å². The molecule has 98 valence electrons. The van der Waals surface area contributed by atoms with E-state index in [1.165, 1.54) is 13.3 Å². The molecule has 1 aromatic carbocycles. The molecular weight excluding hydrogens is 244 g/mol. The number of methoxy groups -OCH3 is 1. The molecule has 0 atom stereocenters. The Labute approximate surface area is 110 Å². The topological polar surface area (TPSA) is 71.5 Å². The van der Waals surface area contributed by atoms with Crippen LogP contribution in [0.1, 0.15) is 16.1 Å². The molecule has 0 saturated carbocycles. The first kappa shape index (κ1) is 12.9. The Morgan fingerprint density at radius 1 is 1.37 bits per heavy atom. The van der Waals surface area contributed by atoms with Crippen LogP contribution in [0.15, 0.2) is 42.6 Å². The minimum absolute atomic E-state index is 0.136. The van der Waals surface area contributed by atoms with Gasteiger partial charge in [0.1, 0.15) is 5.75 Å². The van der Waals surface area contributed by atoms with E-state index in [9.17, 15) is 4.79 Å². The number of carbonyl (C=O) groups is 1. The van der Waals surface area contributed by atoms with Gasteiger partial charge in [0.2, 0.25) is 0 Å². The second-order valence-corrected chi connectivity index (χ2v) is 3.93. The molecule has 5 heteroatoms. The van der Waals surface area contributed by atoms with Crippen molar-refractivity contribution >= 4 is 11.7 Å². The lowest BCUT2D eigenvalue weighted by atomic mass is 10.2. The Morgan fingerprint density at radius 2 is 2.21 bits per heavy atom. The van der Waals surface area contributed by atoms with E-state index >= 15 is 0 Å². The number of esters is 1. The smallest absolute Gasteiger partial charge is 0.337 e. The van der Waals surface area contributed by atoms with E-state index in [2.05, 4.69) is 15.0 Å². The number of pyridine rings is 1. The molecule has 0 aliphatic rings. The molecule has 0 unspecified atom stereocenters. The van der Waals surface area contributed by atoms with E-state index in [4.69, 9.17) is 5.11 Å². The lowest BCUT2D eigenvalue weighted by Crippen LogP contribution is -2.04. The van der Waals surface area contributed by atoms with Crippen LogP contribution in [0.25, 0.3) is 0 Å². The predicted molar refractivity (Wildman–Crippen MR) is 71.0 cm³/mol. The first-order chi connectivity index (χ1) is 9.19. The van der Waals surface area contributed by atoms with Crippen LogP contribution in [-0.4, -0.2) is 23.2 Å². The van der Waals surface area contributed by atoms with Crippen molar-refractivity contribution in [2.75, 3.05) is 12.4 Å². The summed E-state index contributed by atoms with van der Waals surface area (Å²) < 4.78 is 4.66. The molecule has 0 spiro atoms. The maximum atomic E-state index is 11.4. The number of benzene rings is 1. The number of hydrogen-bond acceptors (Lipinski definition) is 5. The van der Waals surface area contributed by atoms with Crippen molar-refractivity contribution in [3.63, 3.8) is 0 Å². The molecule has 1 heterocycles. The minimum atomic E-state index is -0.369. The highest BCUT2D eigenvalue weighted by atomic mass is 16.5. The summed E-state index contributed by atoms with van der Waals surface area (Å²) in [6, 6.07) is 10.3. The fourth-order valence-corrected chi connectivity index (χ4v) is 1.59. The van der Waals surface area contributed by atoms with Gasteiger partial charge in [-0.3, -0.25) is 4.98 Å². The van der Waals surface area contributed by atoms with E-state index in [0.29, 0.717) is 12.1 Å². The summed E-state index contributed by atoms with van der Waals surface area (Å²) in [5.74, 6) is -0.233. The average Bonchev–Trinajstić information content (AvgIpc) is 2.46. The molecular formula is C14H14N2O3. The van der Waals surface area contributed by atoms with Crippen molar-refractivity contribution in [1.29, 1.82) is 0 Å². The third-order valence-electron chi connectivity index (χ3n) is 2.57. The number of aromatic nitrogens is 1. The third-order valence-corrected chi connectivity index (χ3v) is 2.57. The number of aromatic hydroxyl groups is 1. The quantitative estimate of drug-likeness (QED) is 0.822. The van der Waals surface area contributed by atoms with E-state index in [-0.39, 0.29) is 11.7 Å². The van der Waals surface area contributed by atoms with Gasteiger partial charge in [-0.15, -0.1) is 0 Å². The van der Waals surface area contributed by atoms with Gasteiger partial charge in [0.15, 0.2) is 0 Å². The molecule has 0 fully saturated rings. The first-order valence-corrected chi connectivity index (χ1v) is 5.75. The van der Waals surface area contributed by atoms with Crippen molar-refractivity contribution in [1.82, 2.24) is 4.98 Å². The van der Waals surface area contributed by atoms with Crippen LogP contribution < -0.4 is 5.32 Å². The van der Waals surface area contributed by atoms with Crippen molar-refractivity contribution in [3.8, 4) is 5.75 Å². The number of hydrogen-bond donors (Lipinski definition) is 2. The maximum Gasteiger partial charge on any atom is 0.337 e. The first-order valence-electron chi connectivity index (χ1n) is 5.75. The number of nitrogens with zero attached hydrogens (tertiary/aromatic N) is 1. The third kappa shape index (κ3) is 3.45. The fraction of sp³-hybridized carbons (Fsp3) is 0.143. The molecule has 0 saturated heterocycles. The number of carbonyl (C=O) groups excluding carboxylic acids is 1. The van der Waals surface area contributed by atoms with Crippen molar-refractivity contribution < 1.29 is 14.6 Å². The van der Waals surface area contributed by atoms with Crippen LogP contribution in [0, 0.1) is 0 Å². The maximum absolute atomic E-state index is 11.4. The Morgan fingerprint density at radius 3 is 2.89 bits per heavy atom. The molecule has 2 N–H and O–H groups in total. The number of ether oxygens (including phenoxy) is 1. The van der Waals surface area contributed by atoms with E-state index in [1.54, 1.807) is 30.3 Å². The van der Waals surface area contributed by atoms with Crippen molar-refractivity contribution in [3.05, 3.63) is 53.9 Å². The van der Waals surface area contributed by atoms with Crippen LogP contribution >= 0.6 is 0 Å². The van der Waals surface area contributed by atoms with E-state index in [1.807, 2.05) is 6.07 Å². The van der Waals surface area contributed by atoms with Crippen LogP contribution in [0.2, 0.25) is 0 Å². The standard InChI is InChI=1S/C14H14N2O3/c1-19-14(18)10-3-2-4-11(7-10)15-8-12-5-6-13(17)9-16-12/h2-7,9,15,17H,8H2,1H3. The molecule has 0 radical (unpaired) electrons. The number of anilines is 1. The van der Waals surface area contributed by atoms with Gasteiger partial charge in [-0.25, -0.2) is 4.79 Å². The molecule has 0 aliphatic carbocycles. The average molecular weight is 258 g/mol. The fourth-order valence-electron chi connectivity index (χ4n) is 1.59. The van der Waals surface area contributed by atoms with Gasteiger partial charge < -0.3 is 15.2 Å². The summed E-state index contributed by atoms with van der Waals surface area (Å²) in [4.78, 5) is 15.5. The summed E-state index contributed by atoms with van der Waals surface area (Å²) >= 11 is 0. The highest BCUT2D eigenvalue weighted by molar-refractivity contribution is 5.90. The van der Waals surface area contributed by atoms with Crippen LogP contribution in [0.4, 0.5) is 5.69 Å². The van der Waals surface area contributed by atoms with E-state index in [0.717, 1.165) is 11.4 Å². The zero-order valence-corrected chi connectivity index (χ0v) is 10.5. The monoisotopic (exact) mass is 258 g/mol. The normalized spacial score (nSPS) is 9.95. The Kier molecular flexibility index (Phi) is 3.97. The Hall–Kier alpha value is -2.56. The van der Waals surface area contributed by atoms with Gasteiger partial charge in [-0.1, -0.05) is 6.07 Å². The summed E-state index contributed by atoms with van der Waals surface area (Å²) in [5, 5.41) is 12.3. The SMILES string of the molecule is COC(=O)c1cccc(NCc2ccc(O)cn2)c1. The lowest BCUT2D eigenvalue weighted by molar-refractivity contribution is 0.0601. The molecule has 2 aromatic rings.